The third-order valence-corrected chi connectivity index (χ3v) is 13.8. The molecule has 0 amide bonds. The number of halogens is 2. The number of aryl methyl sites for hydroxylation is 2. The molecule has 0 heterocycles. The first kappa shape index (κ1) is 41.8. The predicted octanol–water partition coefficient (Wildman–Crippen LogP) is 4.82. The smallest absolute Gasteiger partial charge is 1.00 e. The minimum absolute atomic E-state index is 0. The Bertz CT molecular complexity index is 1960. The first-order valence-corrected chi connectivity index (χ1v) is 19.9. The van der Waals surface area contributed by atoms with Gasteiger partial charge in [0, 0.05) is 8.07 Å². The van der Waals surface area contributed by atoms with Crippen LogP contribution < -0.4 is 44.7 Å². The second kappa shape index (κ2) is 15.2. The van der Waals surface area contributed by atoms with E-state index in [1.165, 1.54) is 76.4 Å². The summed E-state index contributed by atoms with van der Waals surface area (Å²) < 4.78 is 12.8. The molecule has 0 saturated heterocycles. The van der Waals surface area contributed by atoms with Gasteiger partial charge in [-0.1, -0.05) is 129 Å². The molecule has 0 unspecified atom stereocenters. The summed E-state index contributed by atoms with van der Waals surface area (Å²) in [6.45, 7) is 23.4. The van der Waals surface area contributed by atoms with Crippen molar-refractivity contribution >= 4 is 40.0 Å². The van der Waals surface area contributed by atoms with Crippen molar-refractivity contribution in [2.45, 2.75) is 79.3 Å². The van der Waals surface area contributed by atoms with Crippen LogP contribution in [0.15, 0.2) is 84.9 Å². The van der Waals surface area contributed by atoms with Crippen molar-refractivity contribution in [1.29, 1.82) is 0 Å². The molecule has 0 aromatic heterocycles. The summed E-state index contributed by atoms with van der Waals surface area (Å²) in [6, 6.07) is 31.3. The molecular weight excluding hydrogens is 751 g/mol. The molecule has 6 aromatic rings. The van der Waals surface area contributed by atoms with Gasteiger partial charge in [0.05, 0.1) is 14.2 Å². The van der Waals surface area contributed by atoms with E-state index in [0.29, 0.717) is 0 Å². The van der Waals surface area contributed by atoms with Gasteiger partial charge in [0.25, 0.3) is 0 Å². The van der Waals surface area contributed by atoms with E-state index >= 15 is 0 Å². The van der Waals surface area contributed by atoms with Crippen LogP contribution in [0, 0.1) is 13.8 Å². The molecule has 6 aromatic carbocycles. The first-order valence-electron chi connectivity index (χ1n) is 16.9. The fourth-order valence-electron chi connectivity index (χ4n) is 8.18. The number of hydrogen-bond donors (Lipinski definition) is 0. The zero-order chi connectivity index (χ0) is 34.1. The molecule has 0 fully saturated rings. The van der Waals surface area contributed by atoms with Gasteiger partial charge in [-0.25, -0.2) is 0 Å². The Morgan fingerprint density at radius 3 is 1.16 bits per heavy atom. The van der Waals surface area contributed by atoms with E-state index < -0.39 is 8.07 Å². The number of hydrogen-bond acceptors (Lipinski definition) is 2. The fourth-order valence-corrected chi connectivity index (χ4v) is 12.3. The van der Waals surface area contributed by atoms with E-state index in [9.17, 15) is 0 Å². The van der Waals surface area contributed by atoms with E-state index in [-0.39, 0.29) is 61.8 Å². The van der Waals surface area contributed by atoms with Gasteiger partial charge in [-0.05, 0) is 44.2 Å². The molecule has 0 saturated carbocycles. The van der Waals surface area contributed by atoms with Crippen LogP contribution in [-0.2, 0) is 37.0 Å². The monoisotopic (exact) mass is 798 g/mol. The summed E-state index contributed by atoms with van der Waals surface area (Å²) >= 11 is 0. The number of ether oxygens (including phenoxy) is 2. The van der Waals surface area contributed by atoms with Crippen LogP contribution in [0.2, 0.25) is 13.1 Å². The molecule has 260 valence electrons. The molecule has 50 heavy (non-hydrogen) atoms. The Labute approximate surface area is 332 Å². The van der Waals surface area contributed by atoms with Crippen LogP contribution in [0.1, 0.15) is 63.8 Å². The van der Waals surface area contributed by atoms with Crippen molar-refractivity contribution in [3.05, 3.63) is 107 Å². The number of benzene rings is 4. The van der Waals surface area contributed by atoms with Gasteiger partial charge >= 0.3 is 26.2 Å². The maximum Gasteiger partial charge on any atom is 4.00 e. The quantitative estimate of drug-likeness (QED) is 0.178. The van der Waals surface area contributed by atoms with E-state index in [2.05, 4.69) is 153 Å². The third kappa shape index (κ3) is 6.95. The SMILES string of the molecule is COc1c(C(C)(C)C)cc2[cH-]c(C)c([Si](C)(C)c3c(C)[cH-]c4cc(C(C)(C)C)c(OC)c(-c5ccccc5)c34)c2c1-c1ccccc1.[Cl-].[Cl-].[Zr+4]. The molecular formula is C44H50Cl2O2SiZr. The average Bonchev–Trinajstić information content (AvgIpc) is 3.54. The largest absolute Gasteiger partial charge is 4.00 e. The Hall–Kier alpha value is -2.62. The molecule has 0 aliphatic rings. The second-order valence-corrected chi connectivity index (χ2v) is 20.1. The van der Waals surface area contributed by atoms with Crippen molar-refractivity contribution in [3.8, 4) is 33.8 Å². The van der Waals surface area contributed by atoms with Crippen LogP contribution in [0.25, 0.3) is 43.8 Å². The molecule has 0 atom stereocenters. The molecule has 0 bridgehead atoms. The summed E-state index contributed by atoms with van der Waals surface area (Å²) in [7, 11) is 1.26. The number of fused-ring (bicyclic) bond motifs is 2. The molecule has 0 aliphatic heterocycles. The van der Waals surface area contributed by atoms with Crippen molar-refractivity contribution < 1.29 is 60.5 Å². The normalized spacial score (nSPS) is 11.9. The standard InChI is InChI=1S/C44H50O2Si.2ClH.Zr/c1-27-23-31-25-33(43(3,4)5)39(45-9)35(29-19-15-13-16-20-29)37(31)41(27)47(11,12)42-28(2)24-32-26-34(44(6,7)8)40(46-10)36(38(32)42)30-21-17-14-18-22-30;;;/h13-26H,1-12H3;2*1H;/q-2;;;+4/p-2. The van der Waals surface area contributed by atoms with Gasteiger partial charge in [0.1, 0.15) is 11.5 Å². The Morgan fingerprint density at radius 2 is 0.880 bits per heavy atom. The minimum Gasteiger partial charge on any atom is -1.00 e. The van der Waals surface area contributed by atoms with Crippen LogP contribution >= 0.6 is 0 Å². The van der Waals surface area contributed by atoms with Gasteiger partial charge in [-0.15, -0.1) is 56.9 Å². The van der Waals surface area contributed by atoms with Gasteiger partial charge in [-0.3, -0.25) is 0 Å². The third-order valence-electron chi connectivity index (χ3n) is 10.1. The zero-order valence-corrected chi connectivity index (χ0v) is 36.6. The van der Waals surface area contributed by atoms with Crippen LogP contribution in [-0.4, -0.2) is 22.3 Å². The molecule has 6 heteroatoms. The van der Waals surface area contributed by atoms with Gasteiger partial charge in [0.15, 0.2) is 0 Å². The molecule has 0 aliphatic carbocycles. The summed E-state index contributed by atoms with van der Waals surface area (Å²) in [6.07, 6.45) is 0. The minimum atomic E-state index is -2.41. The summed E-state index contributed by atoms with van der Waals surface area (Å²) in [5.41, 5.74) is 9.85. The summed E-state index contributed by atoms with van der Waals surface area (Å²) in [5, 5.41) is 8.24. The van der Waals surface area contributed by atoms with Crippen molar-refractivity contribution in [1.82, 2.24) is 0 Å². The molecule has 0 radical (unpaired) electrons. The predicted molar refractivity (Wildman–Crippen MR) is 207 cm³/mol. The maximum atomic E-state index is 6.38. The van der Waals surface area contributed by atoms with E-state index in [4.69, 9.17) is 9.47 Å². The Kier molecular flexibility index (Phi) is 12.7. The van der Waals surface area contributed by atoms with Crippen LogP contribution in [0.4, 0.5) is 0 Å². The Balaban J connectivity index is 0.00000225. The zero-order valence-electron chi connectivity index (χ0n) is 31.7. The van der Waals surface area contributed by atoms with Crippen molar-refractivity contribution in [3.63, 3.8) is 0 Å². The van der Waals surface area contributed by atoms with E-state index in [1.54, 1.807) is 0 Å². The van der Waals surface area contributed by atoms with Crippen molar-refractivity contribution in [2.24, 2.45) is 0 Å². The van der Waals surface area contributed by atoms with Gasteiger partial charge < -0.3 is 34.3 Å². The first-order chi connectivity index (χ1) is 22.1. The summed E-state index contributed by atoms with van der Waals surface area (Å²) in [4.78, 5) is 0. The number of methoxy groups -OCH3 is 2. The Morgan fingerprint density at radius 1 is 0.560 bits per heavy atom. The molecule has 2 nitrogen and oxygen atoms in total. The second-order valence-electron chi connectivity index (χ2n) is 15.9. The number of rotatable bonds is 6. The van der Waals surface area contributed by atoms with Crippen molar-refractivity contribution in [2.75, 3.05) is 14.2 Å². The molecule has 0 N–H and O–H groups in total. The molecule has 6 rings (SSSR count). The summed E-state index contributed by atoms with van der Waals surface area (Å²) in [5.74, 6) is 1.97. The van der Waals surface area contributed by atoms with Gasteiger partial charge in [0.2, 0.25) is 0 Å². The van der Waals surface area contributed by atoms with Crippen LogP contribution in [0.5, 0.6) is 11.5 Å². The van der Waals surface area contributed by atoms with Gasteiger partial charge in [-0.2, -0.15) is 10.4 Å². The van der Waals surface area contributed by atoms with Crippen LogP contribution in [0.3, 0.4) is 0 Å². The average molecular weight is 801 g/mol. The van der Waals surface area contributed by atoms with E-state index in [0.717, 1.165) is 11.5 Å². The van der Waals surface area contributed by atoms with E-state index in [1.807, 2.05) is 14.2 Å². The fraction of sp³-hybridized carbons (Fsp3) is 0.318. The maximum absolute atomic E-state index is 6.38. The topological polar surface area (TPSA) is 18.5 Å². The molecule has 0 spiro atoms.